The molecule has 0 fully saturated rings. The molecule has 0 aromatic rings. The highest BCUT2D eigenvalue weighted by Crippen LogP contribution is 2.09. The van der Waals surface area contributed by atoms with Crippen LogP contribution in [0.1, 0.15) is 60.3 Å². The molecule has 0 rings (SSSR count). The quantitative estimate of drug-likeness (QED) is 0.271. The standard InChI is InChI=1S/C19H36N4O4/c1-12(2)10-16(18(26)22-15(11-24)8-6-7-9-20)23-19(27)17(13(3)4)21-14(5)25/h11-13,15-17H,6-10,20H2,1-5H3,(H,21,25)(H,22,26)(H,23,27)/t15-,16-,17-/m0/s1. The topological polar surface area (TPSA) is 130 Å². The SMILES string of the molecule is CC(=O)N[C@H](C(=O)N[C@@H](CC(C)C)C(=O)N[C@H](C=O)CCCCN)C(C)C. The number of hydrogen-bond acceptors (Lipinski definition) is 5. The maximum Gasteiger partial charge on any atom is 0.243 e. The summed E-state index contributed by atoms with van der Waals surface area (Å²) in [5.41, 5.74) is 5.45. The zero-order valence-electron chi connectivity index (χ0n) is 17.2. The molecule has 0 aliphatic heterocycles. The molecule has 0 aliphatic carbocycles. The van der Waals surface area contributed by atoms with E-state index in [0.717, 1.165) is 12.8 Å². The highest BCUT2D eigenvalue weighted by atomic mass is 16.2. The summed E-state index contributed by atoms with van der Waals surface area (Å²) in [6.45, 7) is 9.40. The molecule has 0 aromatic carbocycles. The van der Waals surface area contributed by atoms with Gasteiger partial charge in [0.2, 0.25) is 17.7 Å². The van der Waals surface area contributed by atoms with Crippen LogP contribution in [-0.4, -0.2) is 48.7 Å². The summed E-state index contributed by atoms with van der Waals surface area (Å²) in [7, 11) is 0. The molecule has 3 amide bonds. The van der Waals surface area contributed by atoms with Gasteiger partial charge in [0.15, 0.2) is 0 Å². The molecule has 156 valence electrons. The Kier molecular flexibility index (Phi) is 12.3. The van der Waals surface area contributed by atoms with Gasteiger partial charge in [-0.05, 0) is 44.1 Å². The first-order valence-electron chi connectivity index (χ1n) is 9.65. The van der Waals surface area contributed by atoms with E-state index in [1.54, 1.807) is 0 Å². The Hall–Kier alpha value is -1.96. The van der Waals surface area contributed by atoms with E-state index in [2.05, 4.69) is 16.0 Å². The van der Waals surface area contributed by atoms with Gasteiger partial charge in [-0.25, -0.2) is 0 Å². The molecule has 27 heavy (non-hydrogen) atoms. The van der Waals surface area contributed by atoms with E-state index in [-0.39, 0.29) is 17.7 Å². The van der Waals surface area contributed by atoms with Crippen molar-refractivity contribution in [2.24, 2.45) is 17.6 Å². The molecule has 0 heterocycles. The maximum atomic E-state index is 12.6. The number of rotatable bonds is 13. The molecule has 8 heteroatoms. The third kappa shape index (κ3) is 10.7. The van der Waals surface area contributed by atoms with Crippen molar-refractivity contribution in [2.45, 2.75) is 78.4 Å². The number of carbonyl (C=O) groups is 4. The number of amides is 3. The highest BCUT2D eigenvalue weighted by molar-refractivity contribution is 5.92. The second-order valence-electron chi connectivity index (χ2n) is 7.65. The van der Waals surface area contributed by atoms with E-state index in [4.69, 9.17) is 5.73 Å². The van der Waals surface area contributed by atoms with Crippen molar-refractivity contribution < 1.29 is 19.2 Å². The van der Waals surface area contributed by atoms with Gasteiger partial charge in [0.05, 0.1) is 6.04 Å². The number of hydrogen-bond donors (Lipinski definition) is 4. The van der Waals surface area contributed by atoms with Crippen molar-refractivity contribution in [3.05, 3.63) is 0 Å². The summed E-state index contributed by atoms with van der Waals surface area (Å²) in [5.74, 6) is -1.09. The lowest BCUT2D eigenvalue weighted by atomic mass is 9.99. The first kappa shape index (κ1) is 25.0. The smallest absolute Gasteiger partial charge is 0.243 e. The van der Waals surface area contributed by atoms with Gasteiger partial charge >= 0.3 is 0 Å². The first-order chi connectivity index (χ1) is 12.6. The molecule has 3 atom stereocenters. The van der Waals surface area contributed by atoms with Crippen LogP contribution in [0, 0.1) is 11.8 Å². The summed E-state index contributed by atoms with van der Waals surface area (Å²) in [4.78, 5) is 47.8. The van der Waals surface area contributed by atoms with E-state index in [1.165, 1.54) is 6.92 Å². The van der Waals surface area contributed by atoms with Crippen LogP contribution in [0.2, 0.25) is 0 Å². The minimum Gasteiger partial charge on any atom is -0.345 e. The van der Waals surface area contributed by atoms with Crippen molar-refractivity contribution in [3.8, 4) is 0 Å². The van der Waals surface area contributed by atoms with Crippen molar-refractivity contribution in [1.82, 2.24) is 16.0 Å². The number of nitrogens with one attached hydrogen (secondary N) is 3. The van der Waals surface area contributed by atoms with Gasteiger partial charge in [0.1, 0.15) is 18.4 Å². The predicted octanol–water partition coefficient (Wildman–Crippen LogP) is 0.491. The van der Waals surface area contributed by atoms with Crippen molar-refractivity contribution in [1.29, 1.82) is 0 Å². The molecule has 0 aliphatic rings. The van der Waals surface area contributed by atoms with Crippen LogP contribution in [0.4, 0.5) is 0 Å². The van der Waals surface area contributed by atoms with Gasteiger partial charge in [-0.15, -0.1) is 0 Å². The molecule has 0 aromatic heterocycles. The maximum absolute atomic E-state index is 12.6. The lowest BCUT2D eigenvalue weighted by Gasteiger charge is -2.26. The van der Waals surface area contributed by atoms with E-state index in [0.29, 0.717) is 25.7 Å². The summed E-state index contributed by atoms with van der Waals surface area (Å²) in [5, 5.41) is 8.04. The highest BCUT2D eigenvalue weighted by Gasteiger charge is 2.29. The average molecular weight is 385 g/mol. The molecule has 0 spiro atoms. The fourth-order valence-corrected chi connectivity index (χ4v) is 2.68. The van der Waals surface area contributed by atoms with Gasteiger partial charge in [0.25, 0.3) is 0 Å². The summed E-state index contributed by atoms with van der Waals surface area (Å²) in [6, 6.07) is -2.10. The molecule has 0 saturated carbocycles. The largest absolute Gasteiger partial charge is 0.345 e. The Morgan fingerprint density at radius 1 is 0.963 bits per heavy atom. The van der Waals surface area contributed by atoms with Gasteiger partial charge in [-0.2, -0.15) is 0 Å². The lowest BCUT2D eigenvalue weighted by molar-refractivity contribution is -0.133. The molecule has 0 radical (unpaired) electrons. The Labute approximate surface area is 162 Å². The normalized spacial score (nSPS) is 14.4. The third-order valence-corrected chi connectivity index (χ3v) is 4.11. The van der Waals surface area contributed by atoms with Crippen LogP contribution in [0.5, 0.6) is 0 Å². The summed E-state index contributed by atoms with van der Waals surface area (Å²) >= 11 is 0. The number of aldehydes is 1. The van der Waals surface area contributed by atoms with Crippen molar-refractivity contribution in [2.75, 3.05) is 6.54 Å². The van der Waals surface area contributed by atoms with E-state index < -0.39 is 29.9 Å². The predicted molar refractivity (Wildman–Crippen MR) is 105 cm³/mol. The lowest BCUT2D eigenvalue weighted by Crippen LogP contribution is -2.56. The second kappa shape index (κ2) is 13.2. The van der Waals surface area contributed by atoms with Gasteiger partial charge < -0.3 is 26.5 Å². The zero-order chi connectivity index (χ0) is 21.0. The number of unbranched alkanes of at least 4 members (excludes halogenated alkanes) is 1. The van der Waals surface area contributed by atoms with Crippen LogP contribution in [-0.2, 0) is 19.2 Å². The minimum absolute atomic E-state index is 0.129. The van der Waals surface area contributed by atoms with Crippen molar-refractivity contribution >= 4 is 24.0 Å². The Morgan fingerprint density at radius 3 is 2.04 bits per heavy atom. The molecule has 0 unspecified atom stereocenters. The molecule has 0 saturated heterocycles. The molecule has 8 nitrogen and oxygen atoms in total. The first-order valence-corrected chi connectivity index (χ1v) is 9.65. The average Bonchev–Trinajstić information content (AvgIpc) is 2.57. The zero-order valence-corrected chi connectivity index (χ0v) is 17.2. The fourth-order valence-electron chi connectivity index (χ4n) is 2.68. The van der Waals surface area contributed by atoms with Gasteiger partial charge in [0, 0.05) is 6.92 Å². The van der Waals surface area contributed by atoms with Crippen LogP contribution >= 0.6 is 0 Å². The van der Waals surface area contributed by atoms with E-state index in [9.17, 15) is 19.2 Å². The van der Waals surface area contributed by atoms with Gasteiger partial charge in [-0.1, -0.05) is 27.7 Å². The van der Waals surface area contributed by atoms with Crippen molar-refractivity contribution in [3.63, 3.8) is 0 Å². The monoisotopic (exact) mass is 384 g/mol. The Bertz CT molecular complexity index is 494. The Morgan fingerprint density at radius 2 is 1.59 bits per heavy atom. The summed E-state index contributed by atoms with van der Waals surface area (Å²) in [6.07, 6.45) is 3.15. The Balaban J connectivity index is 5.07. The number of nitrogens with two attached hydrogens (primary N) is 1. The number of carbonyl (C=O) groups excluding carboxylic acids is 4. The molecule has 5 N–H and O–H groups in total. The van der Waals surface area contributed by atoms with Crippen LogP contribution in [0.25, 0.3) is 0 Å². The minimum atomic E-state index is -0.774. The fraction of sp³-hybridized carbons (Fsp3) is 0.789. The van der Waals surface area contributed by atoms with E-state index in [1.807, 2.05) is 27.7 Å². The molecular weight excluding hydrogens is 348 g/mol. The molecular formula is C19H36N4O4. The van der Waals surface area contributed by atoms with Gasteiger partial charge in [-0.3, -0.25) is 14.4 Å². The second-order valence-corrected chi connectivity index (χ2v) is 7.65. The molecule has 0 bridgehead atoms. The van der Waals surface area contributed by atoms with Crippen LogP contribution < -0.4 is 21.7 Å². The van der Waals surface area contributed by atoms with Crippen LogP contribution in [0.15, 0.2) is 0 Å². The van der Waals surface area contributed by atoms with Crippen LogP contribution in [0.3, 0.4) is 0 Å². The summed E-state index contributed by atoms with van der Waals surface area (Å²) < 4.78 is 0. The third-order valence-electron chi connectivity index (χ3n) is 4.11. The van der Waals surface area contributed by atoms with E-state index >= 15 is 0 Å².